The van der Waals surface area contributed by atoms with Gasteiger partial charge in [-0.1, -0.05) is 12.1 Å². The van der Waals surface area contributed by atoms with Gasteiger partial charge in [0.25, 0.3) is 5.91 Å². The van der Waals surface area contributed by atoms with E-state index in [2.05, 4.69) is 15.6 Å². The maximum Gasteiger partial charge on any atom is 0.401 e. The Bertz CT molecular complexity index is 658. The molecule has 1 aliphatic heterocycles. The molecule has 0 spiro atoms. The summed E-state index contributed by atoms with van der Waals surface area (Å²) in [6.07, 6.45) is -3.53. The first-order valence-electron chi connectivity index (χ1n) is 8.75. The van der Waals surface area contributed by atoms with Crippen molar-refractivity contribution >= 4 is 11.9 Å². The average molecular weight is 385 g/mol. The second kappa shape index (κ2) is 9.07. The van der Waals surface area contributed by atoms with Gasteiger partial charge in [-0.2, -0.15) is 13.2 Å². The van der Waals surface area contributed by atoms with Gasteiger partial charge in [-0.3, -0.25) is 14.7 Å². The molecule has 1 amide bonds. The smallest absolute Gasteiger partial charge is 0.352 e. The van der Waals surface area contributed by atoms with Crippen LogP contribution >= 0.6 is 0 Å². The lowest BCUT2D eigenvalue weighted by Crippen LogP contribution is -2.44. The van der Waals surface area contributed by atoms with Crippen molar-refractivity contribution in [1.29, 1.82) is 0 Å². The van der Waals surface area contributed by atoms with E-state index in [0.717, 1.165) is 5.56 Å². The molecule has 0 aliphatic carbocycles. The van der Waals surface area contributed by atoms with E-state index in [4.69, 9.17) is 0 Å². The number of amides is 1. The first kappa shape index (κ1) is 21.0. The molecule has 0 bridgehead atoms. The fraction of sp³-hybridized carbons (Fsp3) is 0.556. The van der Waals surface area contributed by atoms with Crippen LogP contribution in [0, 0.1) is 0 Å². The lowest BCUT2D eigenvalue weighted by molar-refractivity contribution is -0.143. The first-order valence-corrected chi connectivity index (χ1v) is 8.75. The highest BCUT2D eigenvalue weighted by molar-refractivity contribution is 5.93. The van der Waals surface area contributed by atoms with E-state index in [1.165, 1.54) is 9.80 Å². The number of carbonyl (C=O) groups is 1. The average Bonchev–Trinajstić information content (AvgIpc) is 3.03. The fourth-order valence-electron chi connectivity index (χ4n) is 2.94. The number of hydrogen-bond donors (Lipinski definition) is 2. The van der Waals surface area contributed by atoms with Crippen molar-refractivity contribution in [2.75, 3.05) is 40.8 Å². The van der Waals surface area contributed by atoms with Gasteiger partial charge < -0.3 is 15.5 Å². The largest absolute Gasteiger partial charge is 0.401 e. The predicted molar refractivity (Wildman–Crippen MR) is 98.7 cm³/mol. The number of benzene rings is 1. The number of likely N-dealkylation sites (tertiary alicyclic amines) is 1. The van der Waals surface area contributed by atoms with Crippen LogP contribution in [0.15, 0.2) is 29.3 Å². The van der Waals surface area contributed by atoms with Crippen molar-refractivity contribution in [2.45, 2.75) is 25.2 Å². The SMILES string of the molecule is CN=C(NCc1ccc(C(=O)N(C)C)cc1)NC1CCN(CC(F)(F)F)C1. The van der Waals surface area contributed by atoms with Crippen molar-refractivity contribution in [2.24, 2.45) is 4.99 Å². The van der Waals surface area contributed by atoms with E-state index in [9.17, 15) is 18.0 Å². The monoisotopic (exact) mass is 385 g/mol. The number of alkyl halides is 3. The van der Waals surface area contributed by atoms with Crippen LogP contribution < -0.4 is 10.6 Å². The molecule has 1 atom stereocenters. The summed E-state index contributed by atoms with van der Waals surface area (Å²) in [5.41, 5.74) is 1.58. The van der Waals surface area contributed by atoms with Crippen LogP contribution in [0.4, 0.5) is 13.2 Å². The Morgan fingerprint density at radius 3 is 2.52 bits per heavy atom. The van der Waals surface area contributed by atoms with Gasteiger partial charge >= 0.3 is 6.18 Å². The van der Waals surface area contributed by atoms with Gasteiger partial charge in [-0.05, 0) is 24.1 Å². The summed E-state index contributed by atoms with van der Waals surface area (Å²) in [4.78, 5) is 18.9. The zero-order valence-electron chi connectivity index (χ0n) is 15.8. The van der Waals surface area contributed by atoms with Crippen LogP contribution in [0.2, 0.25) is 0 Å². The van der Waals surface area contributed by atoms with Gasteiger partial charge in [0.2, 0.25) is 0 Å². The van der Waals surface area contributed by atoms with E-state index in [1.807, 2.05) is 12.1 Å². The third-order valence-electron chi connectivity index (χ3n) is 4.31. The van der Waals surface area contributed by atoms with E-state index in [0.29, 0.717) is 37.6 Å². The molecule has 1 saturated heterocycles. The molecule has 0 saturated carbocycles. The van der Waals surface area contributed by atoms with Crippen LogP contribution in [0.1, 0.15) is 22.3 Å². The molecule has 1 aliphatic rings. The molecular formula is C18H26F3N5O. The molecule has 1 heterocycles. The molecule has 1 fully saturated rings. The minimum absolute atomic E-state index is 0.0587. The Labute approximate surface area is 157 Å². The molecule has 1 unspecified atom stereocenters. The second-order valence-corrected chi connectivity index (χ2v) is 6.80. The van der Waals surface area contributed by atoms with Crippen molar-refractivity contribution in [3.8, 4) is 0 Å². The Morgan fingerprint density at radius 2 is 1.96 bits per heavy atom. The number of hydrogen-bond acceptors (Lipinski definition) is 3. The summed E-state index contributed by atoms with van der Waals surface area (Å²) in [5.74, 6) is 0.485. The maximum atomic E-state index is 12.5. The Kier molecular flexibility index (Phi) is 7.06. The third kappa shape index (κ3) is 6.74. The van der Waals surface area contributed by atoms with Crippen LogP contribution in [0.3, 0.4) is 0 Å². The topological polar surface area (TPSA) is 60.0 Å². The number of carbonyl (C=O) groups excluding carboxylic acids is 1. The fourth-order valence-corrected chi connectivity index (χ4v) is 2.94. The number of nitrogens with zero attached hydrogens (tertiary/aromatic N) is 3. The van der Waals surface area contributed by atoms with Gasteiger partial charge in [0.15, 0.2) is 5.96 Å². The first-order chi connectivity index (χ1) is 12.7. The van der Waals surface area contributed by atoms with E-state index in [1.54, 1.807) is 33.3 Å². The number of aliphatic imine (C=N–C) groups is 1. The summed E-state index contributed by atoms with van der Waals surface area (Å²) in [5, 5.41) is 6.32. The molecule has 1 aromatic carbocycles. The summed E-state index contributed by atoms with van der Waals surface area (Å²) >= 11 is 0. The molecule has 1 aromatic rings. The normalized spacial score (nSPS) is 18.4. The molecule has 2 N–H and O–H groups in total. The molecule has 2 rings (SSSR count). The van der Waals surface area contributed by atoms with Gasteiger partial charge in [0.1, 0.15) is 0 Å². The van der Waals surface area contributed by atoms with Crippen LogP contribution in [-0.4, -0.2) is 74.7 Å². The van der Waals surface area contributed by atoms with Crippen molar-refractivity contribution in [1.82, 2.24) is 20.4 Å². The van der Waals surface area contributed by atoms with Crippen molar-refractivity contribution < 1.29 is 18.0 Å². The summed E-state index contributed by atoms with van der Waals surface area (Å²) < 4.78 is 37.4. The molecule has 0 aromatic heterocycles. The maximum absolute atomic E-state index is 12.5. The number of rotatable bonds is 5. The molecule has 9 heteroatoms. The standard InChI is InChI=1S/C18H26F3N5O/c1-22-17(24-15-8-9-26(11-15)12-18(19,20)21)23-10-13-4-6-14(7-5-13)16(27)25(2)3/h4-7,15H,8-12H2,1-3H3,(H2,22,23,24). The molecular weight excluding hydrogens is 359 g/mol. The molecule has 0 radical (unpaired) electrons. The quantitative estimate of drug-likeness (QED) is 0.598. The number of halogens is 3. The van der Waals surface area contributed by atoms with Gasteiger partial charge in [0, 0.05) is 52.4 Å². The summed E-state index contributed by atoms with van der Waals surface area (Å²) in [6.45, 7) is 0.363. The highest BCUT2D eigenvalue weighted by Gasteiger charge is 2.34. The number of guanidine groups is 1. The van der Waals surface area contributed by atoms with E-state index in [-0.39, 0.29) is 11.9 Å². The molecule has 6 nitrogen and oxygen atoms in total. The highest BCUT2D eigenvalue weighted by Crippen LogP contribution is 2.19. The predicted octanol–water partition coefficient (Wildman–Crippen LogP) is 1.69. The van der Waals surface area contributed by atoms with Gasteiger partial charge in [-0.25, -0.2) is 0 Å². The summed E-state index contributed by atoms with van der Waals surface area (Å²) in [7, 11) is 5.02. The lowest BCUT2D eigenvalue weighted by Gasteiger charge is -2.20. The minimum Gasteiger partial charge on any atom is -0.352 e. The second-order valence-electron chi connectivity index (χ2n) is 6.80. The van der Waals surface area contributed by atoms with Crippen LogP contribution in [0.5, 0.6) is 0 Å². The third-order valence-corrected chi connectivity index (χ3v) is 4.31. The number of nitrogens with one attached hydrogen (secondary N) is 2. The molecule has 150 valence electrons. The van der Waals surface area contributed by atoms with E-state index < -0.39 is 12.7 Å². The Morgan fingerprint density at radius 1 is 1.30 bits per heavy atom. The van der Waals surface area contributed by atoms with Crippen molar-refractivity contribution in [3.63, 3.8) is 0 Å². The zero-order chi connectivity index (χ0) is 20.0. The highest BCUT2D eigenvalue weighted by atomic mass is 19.4. The zero-order valence-corrected chi connectivity index (χ0v) is 15.8. The van der Waals surface area contributed by atoms with Crippen molar-refractivity contribution in [3.05, 3.63) is 35.4 Å². The Balaban J connectivity index is 1.82. The summed E-state index contributed by atoms with van der Waals surface area (Å²) in [6, 6.07) is 7.18. The van der Waals surface area contributed by atoms with Crippen LogP contribution in [-0.2, 0) is 6.54 Å². The molecule has 27 heavy (non-hydrogen) atoms. The van der Waals surface area contributed by atoms with Gasteiger partial charge in [0.05, 0.1) is 6.54 Å². The van der Waals surface area contributed by atoms with Crippen LogP contribution in [0.25, 0.3) is 0 Å². The lowest BCUT2D eigenvalue weighted by atomic mass is 10.1. The van der Waals surface area contributed by atoms with E-state index >= 15 is 0 Å². The minimum atomic E-state index is -4.17. The van der Waals surface area contributed by atoms with Gasteiger partial charge in [-0.15, -0.1) is 0 Å². The Hall–Kier alpha value is -2.29.